The molecule has 1 N–H and O–H groups in total. The molecule has 13 heteroatoms. The van der Waals surface area contributed by atoms with Gasteiger partial charge in [0.2, 0.25) is 0 Å². The summed E-state index contributed by atoms with van der Waals surface area (Å²) < 4.78 is 119. The van der Waals surface area contributed by atoms with Crippen molar-refractivity contribution in [2.24, 2.45) is 0 Å². The van der Waals surface area contributed by atoms with Crippen molar-refractivity contribution in [3.8, 4) is 23.0 Å². The second-order valence-corrected chi connectivity index (χ2v) is 7.21. The summed E-state index contributed by atoms with van der Waals surface area (Å²) in [4.78, 5) is 12.8. The Morgan fingerprint density at radius 2 is 1.53 bits per heavy atom. The Balaban J connectivity index is 2.04. The predicted molar refractivity (Wildman–Crippen MR) is 110 cm³/mol. The van der Waals surface area contributed by atoms with Crippen LogP contribution in [0.15, 0.2) is 48.5 Å². The molecule has 0 aliphatic heterocycles. The van der Waals surface area contributed by atoms with Gasteiger partial charge in [0.25, 0.3) is 5.91 Å². The summed E-state index contributed by atoms with van der Waals surface area (Å²) in [6.45, 7) is 1.40. The Bertz CT molecular complexity index is 1290. The second-order valence-electron chi connectivity index (χ2n) is 7.21. The lowest BCUT2D eigenvalue weighted by atomic mass is 10.1. The molecule has 0 aromatic heterocycles. The number of halogens is 8. The molecule has 0 unspecified atom stereocenters. The first-order valence-electron chi connectivity index (χ1n) is 9.78. The van der Waals surface area contributed by atoms with E-state index in [0.717, 1.165) is 31.4 Å². The highest BCUT2D eigenvalue weighted by molar-refractivity contribution is 6.06. The molecule has 0 heterocycles. The van der Waals surface area contributed by atoms with Crippen LogP contribution in [0, 0.1) is 18.6 Å². The third-order valence-electron chi connectivity index (χ3n) is 4.62. The largest absolute Gasteiger partial charge is 0.573 e. The van der Waals surface area contributed by atoms with E-state index in [-0.39, 0.29) is 23.4 Å². The number of benzene rings is 3. The van der Waals surface area contributed by atoms with E-state index in [1.807, 2.05) is 0 Å². The Kier molecular flexibility index (Phi) is 7.32. The zero-order valence-electron chi connectivity index (χ0n) is 18.3. The summed E-state index contributed by atoms with van der Waals surface area (Å²) >= 11 is 0. The Labute approximate surface area is 198 Å². The third kappa shape index (κ3) is 6.34. The van der Waals surface area contributed by atoms with Crippen molar-refractivity contribution >= 4 is 11.6 Å². The maximum atomic E-state index is 14.3. The number of amides is 1. The first-order valence-corrected chi connectivity index (χ1v) is 9.78. The molecule has 0 radical (unpaired) electrons. The molecular weight excluding hydrogens is 506 g/mol. The summed E-state index contributed by atoms with van der Waals surface area (Å²) in [6.07, 6.45) is -10.2. The first-order chi connectivity index (χ1) is 16.7. The lowest BCUT2D eigenvalue weighted by molar-refractivity contribution is -0.274. The SMILES string of the molecule is COc1cc(OC(F)(F)F)ccc1Oc1cc(C(F)(F)F)c(F)cc1C(=O)Nc1ccc(F)c(C)c1. The zero-order chi connectivity index (χ0) is 26.8. The van der Waals surface area contributed by atoms with Crippen LogP contribution in [0.25, 0.3) is 0 Å². The van der Waals surface area contributed by atoms with Crippen molar-refractivity contribution in [1.82, 2.24) is 0 Å². The number of ether oxygens (including phenoxy) is 3. The molecule has 3 aromatic rings. The average molecular weight is 521 g/mol. The molecule has 0 saturated heterocycles. The number of rotatable bonds is 6. The highest BCUT2D eigenvalue weighted by Gasteiger charge is 2.36. The average Bonchev–Trinajstić information content (AvgIpc) is 2.76. The molecule has 0 spiro atoms. The molecule has 0 fully saturated rings. The standard InChI is InChI=1S/C23H15F8NO4/c1-11-7-12(3-5-16(11)24)32-21(33)14-9-17(25)15(22(26,27)28)10-19(14)35-18-6-4-13(8-20(18)34-2)36-23(29,30)31/h3-10H,1-2H3,(H,32,33). The number of methoxy groups -OCH3 is 1. The molecule has 0 atom stereocenters. The van der Waals surface area contributed by atoms with E-state index in [2.05, 4.69) is 10.1 Å². The van der Waals surface area contributed by atoms with Crippen molar-refractivity contribution in [3.63, 3.8) is 0 Å². The first kappa shape index (κ1) is 26.6. The molecular formula is C23H15F8NO4. The van der Waals surface area contributed by atoms with E-state index >= 15 is 0 Å². The summed E-state index contributed by atoms with van der Waals surface area (Å²) in [5.74, 6) is -5.78. The van der Waals surface area contributed by atoms with Gasteiger partial charge in [-0.2, -0.15) is 13.2 Å². The maximum Gasteiger partial charge on any atom is 0.573 e. The van der Waals surface area contributed by atoms with Gasteiger partial charge in [0.1, 0.15) is 23.1 Å². The van der Waals surface area contributed by atoms with Gasteiger partial charge in [-0.3, -0.25) is 4.79 Å². The van der Waals surface area contributed by atoms with Gasteiger partial charge in [-0.1, -0.05) is 0 Å². The number of aryl methyl sites for hydroxylation is 1. The quantitative estimate of drug-likeness (QED) is 0.348. The summed E-state index contributed by atoms with van der Waals surface area (Å²) in [6, 6.07) is 6.38. The van der Waals surface area contributed by atoms with Crippen molar-refractivity contribution < 1.29 is 54.1 Å². The van der Waals surface area contributed by atoms with Gasteiger partial charge in [0.05, 0.1) is 18.2 Å². The van der Waals surface area contributed by atoms with E-state index in [1.165, 1.54) is 19.1 Å². The van der Waals surface area contributed by atoms with E-state index in [1.54, 1.807) is 0 Å². The van der Waals surface area contributed by atoms with Crippen molar-refractivity contribution in [3.05, 3.63) is 76.9 Å². The van der Waals surface area contributed by atoms with Crippen LogP contribution in [0.4, 0.5) is 40.8 Å². The Hall–Kier alpha value is -4.03. The molecule has 3 rings (SSSR count). The van der Waals surface area contributed by atoms with Crippen molar-refractivity contribution in [2.45, 2.75) is 19.5 Å². The molecule has 0 aliphatic carbocycles. The third-order valence-corrected chi connectivity index (χ3v) is 4.62. The number of anilines is 1. The minimum absolute atomic E-state index is 0.0522. The molecule has 5 nitrogen and oxygen atoms in total. The van der Waals surface area contributed by atoms with Crippen molar-refractivity contribution in [2.75, 3.05) is 12.4 Å². The monoisotopic (exact) mass is 521 g/mol. The summed E-state index contributed by atoms with van der Waals surface area (Å²) in [7, 11) is 1.04. The van der Waals surface area contributed by atoms with Crippen LogP contribution in [0.3, 0.4) is 0 Å². The Morgan fingerprint density at radius 3 is 2.11 bits per heavy atom. The molecule has 3 aromatic carbocycles. The van der Waals surface area contributed by atoms with Crippen LogP contribution in [0.5, 0.6) is 23.0 Å². The molecule has 0 saturated carbocycles. The van der Waals surface area contributed by atoms with E-state index in [4.69, 9.17) is 9.47 Å². The lowest BCUT2D eigenvalue weighted by Gasteiger charge is -2.17. The molecule has 36 heavy (non-hydrogen) atoms. The molecule has 1 amide bonds. The van der Waals surface area contributed by atoms with Gasteiger partial charge in [-0.15, -0.1) is 13.2 Å². The fourth-order valence-electron chi connectivity index (χ4n) is 3.00. The summed E-state index contributed by atoms with van der Waals surface area (Å²) in [5.41, 5.74) is -2.26. The van der Waals surface area contributed by atoms with Crippen LogP contribution in [-0.4, -0.2) is 19.4 Å². The fraction of sp³-hybridized carbons (Fsp3) is 0.174. The van der Waals surface area contributed by atoms with Crippen LogP contribution in [-0.2, 0) is 6.18 Å². The summed E-state index contributed by atoms with van der Waals surface area (Å²) in [5, 5.41) is 2.29. The number of nitrogens with one attached hydrogen (secondary N) is 1. The predicted octanol–water partition coefficient (Wildman–Crippen LogP) is 7.24. The molecule has 0 aliphatic rings. The number of hydrogen-bond donors (Lipinski definition) is 1. The smallest absolute Gasteiger partial charge is 0.493 e. The number of hydrogen-bond acceptors (Lipinski definition) is 4. The number of alkyl halides is 6. The van der Waals surface area contributed by atoms with Crippen molar-refractivity contribution in [1.29, 1.82) is 0 Å². The van der Waals surface area contributed by atoms with E-state index < -0.39 is 64.2 Å². The van der Waals surface area contributed by atoms with Crippen LogP contribution in [0.1, 0.15) is 21.5 Å². The number of carbonyl (C=O) groups is 1. The normalized spacial score (nSPS) is 11.7. The van der Waals surface area contributed by atoms with Gasteiger partial charge in [0, 0.05) is 11.8 Å². The van der Waals surface area contributed by atoms with Gasteiger partial charge in [-0.25, -0.2) is 8.78 Å². The topological polar surface area (TPSA) is 56.8 Å². The van der Waals surface area contributed by atoms with Gasteiger partial charge in [-0.05, 0) is 55.0 Å². The van der Waals surface area contributed by atoms with Gasteiger partial charge in [0.15, 0.2) is 11.5 Å². The number of carbonyl (C=O) groups excluding carboxylic acids is 1. The van der Waals surface area contributed by atoms with E-state index in [0.29, 0.717) is 0 Å². The minimum Gasteiger partial charge on any atom is -0.493 e. The Morgan fingerprint density at radius 1 is 0.833 bits per heavy atom. The lowest BCUT2D eigenvalue weighted by Crippen LogP contribution is -2.17. The van der Waals surface area contributed by atoms with Crippen LogP contribution in [0.2, 0.25) is 0 Å². The highest BCUT2D eigenvalue weighted by Crippen LogP contribution is 2.41. The minimum atomic E-state index is -5.17. The maximum absolute atomic E-state index is 14.3. The van der Waals surface area contributed by atoms with Crippen LogP contribution >= 0.6 is 0 Å². The molecule has 0 bridgehead atoms. The fourth-order valence-corrected chi connectivity index (χ4v) is 3.00. The van der Waals surface area contributed by atoms with Gasteiger partial charge < -0.3 is 19.5 Å². The second kappa shape index (κ2) is 9.91. The van der Waals surface area contributed by atoms with Gasteiger partial charge >= 0.3 is 12.5 Å². The van der Waals surface area contributed by atoms with E-state index in [9.17, 15) is 39.9 Å². The molecule has 192 valence electrons. The highest BCUT2D eigenvalue weighted by atomic mass is 19.4. The zero-order valence-corrected chi connectivity index (χ0v) is 18.3. The van der Waals surface area contributed by atoms with Crippen LogP contribution < -0.4 is 19.5 Å².